The van der Waals surface area contributed by atoms with Crippen LogP contribution in [0, 0.1) is 19.8 Å². The van der Waals surface area contributed by atoms with Crippen LogP contribution in [0.2, 0.25) is 0 Å². The van der Waals surface area contributed by atoms with E-state index in [0.717, 1.165) is 37.5 Å². The minimum Gasteiger partial charge on any atom is -0.459 e. The second-order valence-corrected chi connectivity index (χ2v) is 7.15. The van der Waals surface area contributed by atoms with Crippen molar-refractivity contribution in [2.45, 2.75) is 39.8 Å². The predicted molar refractivity (Wildman–Crippen MR) is 95.9 cm³/mol. The highest BCUT2D eigenvalue weighted by atomic mass is 16.3. The van der Waals surface area contributed by atoms with E-state index >= 15 is 0 Å². The first-order valence-electron chi connectivity index (χ1n) is 8.86. The number of nitrogens with zero attached hydrogens (tertiary/aromatic N) is 3. The molecule has 126 valence electrons. The Hall–Kier alpha value is -2.07. The molecule has 0 spiro atoms. The van der Waals surface area contributed by atoms with E-state index in [9.17, 15) is 0 Å². The van der Waals surface area contributed by atoms with E-state index in [1.54, 1.807) is 0 Å². The van der Waals surface area contributed by atoms with Gasteiger partial charge < -0.3 is 8.98 Å². The van der Waals surface area contributed by atoms with Gasteiger partial charge in [-0.15, -0.1) is 0 Å². The van der Waals surface area contributed by atoms with Crippen LogP contribution in [0.5, 0.6) is 0 Å². The molecule has 3 heterocycles. The molecule has 0 aliphatic carbocycles. The van der Waals surface area contributed by atoms with Gasteiger partial charge in [0.1, 0.15) is 11.3 Å². The lowest BCUT2D eigenvalue weighted by Crippen LogP contribution is -2.36. The molecule has 1 saturated heterocycles. The fourth-order valence-electron chi connectivity index (χ4n) is 3.88. The summed E-state index contributed by atoms with van der Waals surface area (Å²) in [6.45, 7) is 8.60. The van der Waals surface area contributed by atoms with E-state index in [1.165, 1.54) is 29.4 Å². The number of piperidine rings is 1. The Morgan fingerprint density at radius 3 is 3.04 bits per heavy atom. The van der Waals surface area contributed by atoms with E-state index in [2.05, 4.69) is 52.7 Å². The minimum atomic E-state index is 0.694. The zero-order chi connectivity index (χ0) is 16.5. The van der Waals surface area contributed by atoms with Crippen molar-refractivity contribution < 1.29 is 4.42 Å². The van der Waals surface area contributed by atoms with Crippen LogP contribution in [-0.4, -0.2) is 27.5 Å². The van der Waals surface area contributed by atoms with Gasteiger partial charge in [0.15, 0.2) is 0 Å². The van der Waals surface area contributed by atoms with Crippen molar-refractivity contribution in [3.63, 3.8) is 0 Å². The zero-order valence-electron chi connectivity index (χ0n) is 14.5. The molecule has 1 unspecified atom stereocenters. The molecule has 0 bridgehead atoms. The quantitative estimate of drug-likeness (QED) is 0.723. The number of hydrogen-bond acceptors (Lipinski definition) is 3. The Balaban J connectivity index is 1.47. The van der Waals surface area contributed by atoms with Gasteiger partial charge in [-0.2, -0.15) is 0 Å². The first kappa shape index (κ1) is 15.5. The minimum absolute atomic E-state index is 0.694. The summed E-state index contributed by atoms with van der Waals surface area (Å²) in [4.78, 5) is 6.70. The number of hydrogen-bond donors (Lipinski definition) is 0. The Bertz CT molecular complexity index is 819. The Morgan fingerprint density at radius 1 is 1.29 bits per heavy atom. The van der Waals surface area contributed by atoms with E-state index in [0.29, 0.717) is 5.92 Å². The van der Waals surface area contributed by atoms with Gasteiger partial charge in [-0.1, -0.05) is 11.6 Å². The number of furan rings is 1. The van der Waals surface area contributed by atoms with Gasteiger partial charge in [-0.3, -0.25) is 4.90 Å². The summed E-state index contributed by atoms with van der Waals surface area (Å²) in [7, 11) is 0. The molecular weight excluding hydrogens is 298 g/mol. The summed E-state index contributed by atoms with van der Waals surface area (Å²) in [5.41, 5.74) is 3.60. The monoisotopic (exact) mass is 323 g/mol. The summed E-state index contributed by atoms with van der Waals surface area (Å²) in [6, 6.07) is 6.45. The van der Waals surface area contributed by atoms with Crippen LogP contribution in [-0.2, 0) is 13.1 Å². The molecular formula is C20H25N3O. The predicted octanol–water partition coefficient (Wildman–Crippen LogP) is 4.16. The fourth-order valence-corrected chi connectivity index (χ4v) is 3.88. The third-order valence-electron chi connectivity index (χ3n) is 5.19. The smallest absolute Gasteiger partial charge is 0.134 e. The molecule has 0 saturated carbocycles. The topological polar surface area (TPSA) is 34.2 Å². The Labute approximate surface area is 143 Å². The molecule has 1 atom stereocenters. The first-order chi connectivity index (χ1) is 11.7. The summed E-state index contributed by atoms with van der Waals surface area (Å²) >= 11 is 0. The molecule has 1 aliphatic heterocycles. The lowest BCUT2D eigenvalue weighted by molar-refractivity contribution is 0.147. The van der Waals surface area contributed by atoms with Gasteiger partial charge >= 0.3 is 0 Å². The largest absolute Gasteiger partial charge is 0.459 e. The molecule has 4 heteroatoms. The van der Waals surface area contributed by atoms with Gasteiger partial charge in [-0.05, 0) is 56.8 Å². The SMILES string of the molecule is Cc1ccc2oc(CN3CCCC(Cn4ccnc4)C3)c(C)c2c1. The summed E-state index contributed by atoms with van der Waals surface area (Å²) < 4.78 is 8.34. The zero-order valence-corrected chi connectivity index (χ0v) is 14.5. The van der Waals surface area contributed by atoms with Gasteiger partial charge in [0, 0.05) is 30.9 Å². The van der Waals surface area contributed by atoms with E-state index < -0.39 is 0 Å². The fraction of sp³-hybridized carbons (Fsp3) is 0.450. The highest BCUT2D eigenvalue weighted by Crippen LogP contribution is 2.28. The van der Waals surface area contributed by atoms with Crippen molar-refractivity contribution in [1.82, 2.24) is 14.5 Å². The highest BCUT2D eigenvalue weighted by Gasteiger charge is 2.22. The number of rotatable bonds is 4. The lowest BCUT2D eigenvalue weighted by atomic mass is 9.97. The number of aryl methyl sites for hydroxylation is 2. The second-order valence-electron chi connectivity index (χ2n) is 7.15. The molecule has 2 aromatic heterocycles. The first-order valence-corrected chi connectivity index (χ1v) is 8.86. The molecule has 4 nitrogen and oxygen atoms in total. The maximum Gasteiger partial charge on any atom is 0.134 e. The highest BCUT2D eigenvalue weighted by molar-refractivity contribution is 5.82. The molecule has 1 aliphatic rings. The van der Waals surface area contributed by atoms with Crippen molar-refractivity contribution in [2.24, 2.45) is 5.92 Å². The van der Waals surface area contributed by atoms with Gasteiger partial charge in [-0.25, -0.2) is 4.98 Å². The molecule has 1 aromatic carbocycles. The van der Waals surface area contributed by atoms with Crippen molar-refractivity contribution in [1.29, 1.82) is 0 Å². The van der Waals surface area contributed by atoms with E-state index in [4.69, 9.17) is 4.42 Å². The van der Waals surface area contributed by atoms with Crippen LogP contribution in [0.3, 0.4) is 0 Å². The van der Waals surface area contributed by atoms with Crippen LogP contribution in [0.4, 0.5) is 0 Å². The summed E-state index contributed by atoms with van der Waals surface area (Å²) in [5.74, 6) is 1.82. The number of fused-ring (bicyclic) bond motifs is 1. The van der Waals surface area contributed by atoms with Crippen LogP contribution < -0.4 is 0 Å². The van der Waals surface area contributed by atoms with Gasteiger partial charge in [0.25, 0.3) is 0 Å². The molecule has 3 aromatic rings. The van der Waals surface area contributed by atoms with Crippen molar-refractivity contribution in [2.75, 3.05) is 13.1 Å². The number of aromatic nitrogens is 2. The third kappa shape index (κ3) is 3.11. The van der Waals surface area contributed by atoms with Crippen LogP contribution in [0.1, 0.15) is 29.7 Å². The molecule has 4 rings (SSSR count). The van der Waals surface area contributed by atoms with Crippen LogP contribution in [0.15, 0.2) is 41.3 Å². The number of benzene rings is 1. The number of imidazole rings is 1. The van der Waals surface area contributed by atoms with E-state index in [1.807, 2.05) is 12.5 Å². The standard InChI is InChI=1S/C20H25N3O/c1-15-5-6-19-18(10-15)16(2)20(24-19)13-22-8-3-4-17(11-22)12-23-9-7-21-14-23/h5-7,9-10,14,17H,3-4,8,11-13H2,1-2H3. The third-order valence-corrected chi connectivity index (χ3v) is 5.19. The lowest BCUT2D eigenvalue weighted by Gasteiger charge is -2.32. The molecule has 0 radical (unpaired) electrons. The average molecular weight is 323 g/mol. The maximum absolute atomic E-state index is 6.14. The average Bonchev–Trinajstić information content (AvgIpc) is 3.18. The second kappa shape index (κ2) is 6.44. The normalized spacial score (nSPS) is 19.2. The van der Waals surface area contributed by atoms with Crippen molar-refractivity contribution in [3.8, 4) is 0 Å². The molecule has 0 amide bonds. The molecule has 24 heavy (non-hydrogen) atoms. The Kier molecular flexibility index (Phi) is 4.15. The van der Waals surface area contributed by atoms with E-state index in [-0.39, 0.29) is 0 Å². The molecule has 0 N–H and O–H groups in total. The van der Waals surface area contributed by atoms with Crippen molar-refractivity contribution >= 4 is 11.0 Å². The molecule has 1 fully saturated rings. The summed E-state index contributed by atoms with van der Waals surface area (Å²) in [5, 5.41) is 1.26. The van der Waals surface area contributed by atoms with Gasteiger partial charge in [0.2, 0.25) is 0 Å². The summed E-state index contributed by atoms with van der Waals surface area (Å²) in [6.07, 6.45) is 8.40. The maximum atomic E-state index is 6.14. The van der Waals surface area contributed by atoms with Crippen molar-refractivity contribution in [3.05, 3.63) is 53.8 Å². The van der Waals surface area contributed by atoms with Gasteiger partial charge in [0.05, 0.1) is 12.9 Å². The van der Waals surface area contributed by atoms with Crippen LogP contribution in [0.25, 0.3) is 11.0 Å². The van der Waals surface area contributed by atoms with Crippen LogP contribution >= 0.6 is 0 Å². The number of likely N-dealkylation sites (tertiary alicyclic amines) is 1. The Morgan fingerprint density at radius 2 is 2.21 bits per heavy atom.